The summed E-state index contributed by atoms with van der Waals surface area (Å²) >= 11 is 3.30. The van der Waals surface area contributed by atoms with Crippen molar-refractivity contribution in [1.29, 1.82) is 0 Å². The molecule has 0 saturated carbocycles. The minimum atomic E-state index is -0.448. The van der Waals surface area contributed by atoms with Gasteiger partial charge in [-0.05, 0) is 18.2 Å². The normalized spacial score (nSPS) is 19.7. The smallest absolute Gasteiger partial charge is 0.227 e. The van der Waals surface area contributed by atoms with Gasteiger partial charge in [-0.2, -0.15) is 0 Å². The third-order valence-electron chi connectivity index (χ3n) is 2.81. The number of benzene rings is 1. The number of primary amides is 1. The average molecular weight is 298 g/mol. The molecule has 0 bridgehead atoms. The standard InChI is InChI=1S/C11H12BrN3O2/c12-7-1-2-9(8(13)4-7)15-5-6(11(14)17)3-10(15)16/h1-2,4,6H,3,5,13H2,(H2,14,17). The van der Waals surface area contributed by atoms with Crippen molar-refractivity contribution in [3.8, 4) is 0 Å². The highest BCUT2D eigenvalue weighted by Gasteiger charge is 2.34. The molecule has 6 heteroatoms. The van der Waals surface area contributed by atoms with Gasteiger partial charge >= 0.3 is 0 Å². The SMILES string of the molecule is NC(=O)C1CC(=O)N(c2ccc(Br)cc2N)C1. The topological polar surface area (TPSA) is 89.4 Å². The summed E-state index contributed by atoms with van der Waals surface area (Å²) in [7, 11) is 0. The van der Waals surface area contributed by atoms with Crippen LogP contribution in [0.5, 0.6) is 0 Å². The summed E-state index contributed by atoms with van der Waals surface area (Å²) in [5, 5.41) is 0. The maximum Gasteiger partial charge on any atom is 0.227 e. The van der Waals surface area contributed by atoms with E-state index in [9.17, 15) is 9.59 Å². The largest absolute Gasteiger partial charge is 0.397 e. The molecule has 1 aliphatic rings. The van der Waals surface area contributed by atoms with Crippen molar-refractivity contribution in [2.24, 2.45) is 11.7 Å². The lowest BCUT2D eigenvalue weighted by Crippen LogP contribution is -2.28. The van der Waals surface area contributed by atoms with Crippen LogP contribution in [0.15, 0.2) is 22.7 Å². The van der Waals surface area contributed by atoms with Gasteiger partial charge in [-0.3, -0.25) is 9.59 Å². The van der Waals surface area contributed by atoms with Crippen molar-refractivity contribution in [3.05, 3.63) is 22.7 Å². The lowest BCUT2D eigenvalue weighted by Gasteiger charge is -2.18. The van der Waals surface area contributed by atoms with Gasteiger partial charge in [0.25, 0.3) is 0 Å². The van der Waals surface area contributed by atoms with E-state index in [0.29, 0.717) is 17.9 Å². The van der Waals surface area contributed by atoms with Gasteiger partial charge in [-0.1, -0.05) is 15.9 Å². The fourth-order valence-electron chi connectivity index (χ4n) is 1.90. The fourth-order valence-corrected chi connectivity index (χ4v) is 2.28. The summed E-state index contributed by atoms with van der Waals surface area (Å²) in [4.78, 5) is 24.4. The molecule has 2 amide bonds. The highest BCUT2D eigenvalue weighted by molar-refractivity contribution is 9.10. The van der Waals surface area contributed by atoms with Crippen molar-refractivity contribution >= 4 is 39.1 Å². The third-order valence-corrected chi connectivity index (χ3v) is 3.30. The molecular weight excluding hydrogens is 286 g/mol. The van der Waals surface area contributed by atoms with E-state index < -0.39 is 11.8 Å². The number of nitrogens with two attached hydrogens (primary N) is 2. The molecule has 90 valence electrons. The molecule has 0 aliphatic carbocycles. The van der Waals surface area contributed by atoms with Gasteiger partial charge in [-0.25, -0.2) is 0 Å². The number of amides is 2. The number of carbonyl (C=O) groups excluding carboxylic acids is 2. The molecule has 0 aromatic heterocycles. The molecule has 17 heavy (non-hydrogen) atoms. The van der Waals surface area contributed by atoms with Gasteiger partial charge in [0.2, 0.25) is 11.8 Å². The van der Waals surface area contributed by atoms with Gasteiger partial charge in [0.05, 0.1) is 17.3 Å². The van der Waals surface area contributed by atoms with Crippen molar-refractivity contribution < 1.29 is 9.59 Å². The van der Waals surface area contributed by atoms with E-state index in [0.717, 1.165) is 4.47 Å². The molecule has 2 rings (SSSR count). The quantitative estimate of drug-likeness (QED) is 0.794. The number of rotatable bonds is 2. The number of carbonyl (C=O) groups is 2. The maximum atomic E-state index is 11.8. The van der Waals surface area contributed by atoms with E-state index in [1.54, 1.807) is 18.2 Å². The number of nitrogen functional groups attached to an aromatic ring is 1. The van der Waals surface area contributed by atoms with Crippen LogP contribution in [0.2, 0.25) is 0 Å². The molecule has 1 aromatic rings. The Morgan fingerprint density at radius 2 is 2.18 bits per heavy atom. The van der Waals surface area contributed by atoms with Gasteiger partial charge in [0.1, 0.15) is 0 Å². The zero-order chi connectivity index (χ0) is 12.6. The van der Waals surface area contributed by atoms with Gasteiger partial charge < -0.3 is 16.4 Å². The molecule has 1 saturated heterocycles. The van der Waals surface area contributed by atoms with E-state index in [1.165, 1.54) is 4.90 Å². The molecular formula is C11H12BrN3O2. The second-order valence-corrected chi connectivity index (χ2v) is 4.93. The highest BCUT2D eigenvalue weighted by atomic mass is 79.9. The fraction of sp³-hybridized carbons (Fsp3) is 0.273. The van der Waals surface area contributed by atoms with Crippen LogP contribution >= 0.6 is 15.9 Å². The lowest BCUT2D eigenvalue weighted by molar-refractivity contribution is -0.123. The van der Waals surface area contributed by atoms with Gasteiger partial charge in [0.15, 0.2) is 0 Å². The first kappa shape index (κ1) is 11.9. The summed E-state index contributed by atoms with van der Waals surface area (Å²) in [5.41, 5.74) is 12.2. The van der Waals surface area contributed by atoms with E-state index in [2.05, 4.69) is 15.9 Å². The zero-order valence-electron chi connectivity index (χ0n) is 9.02. The molecule has 1 aromatic carbocycles. The number of halogens is 1. The number of nitrogens with zero attached hydrogens (tertiary/aromatic N) is 1. The van der Waals surface area contributed by atoms with Crippen LogP contribution in [0.4, 0.5) is 11.4 Å². The first-order chi connectivity index (χ1) is 7.99. The van der Waals surface area contributed by atoms with Crippen molar-refractivity contribution in [3.63, 3.8) is 0 Å². The third kappa shape index (κ3) is 2.26. The Balaban J connectivity index is 2.29. The molecule has 1 fully saturated rings. The Hall–Kier alpha value is -1.56. The molecule has 1 atom stereocenters. The van der Waals surface area contributed by atoms with E-state index in [4.69, 9.17) is 11.5 Å². The molecule has 0 radical (unpaired) electrons. The summed E-state index contributed by atoms with van der Waals surface area (Å²) in [6, 6.07) is 5.28. The number of anilines is 2. The van der Waals surface area contributed by atoms with E-state index in [-0.39, 0.29) is 12.3 Å². The summed E-state index contributed by atoms with van der Waals surface area (Å²) in [6.07, 6.45) is 0.158. The highest BCUT2D eigenvalue weighted by Crippen LogP contribution is 2.31. The molecule has 4 N–H and O–H groups in total. The van der Waals surface area contributed by atoms with Crippen LogP contribution in [0.1, 0.15) is 6.42 Å². The molecule has 1 aliphatic heterocycles. The second kappa shape index (κ2) is 4.37. The molecule has 1 heterocycles. The number of hydrogen-bond donors (Lipinski definition) is 2. The minimum absolute atomic E-state index is 0.122. The average Bonchev–Trinajstić information content (AvgIpc) is 2.61. The Kier molecular flexibility index (Phi) is 3.06. The van der Waals surface area contributed by atoms with Crippen LogP contribution in [-0.4, -0.2) is 18.4 Å². The van der Waals surface area contributed by atoms with E-state index >= 15 is 0 Å². The predicted octanol–water partition coefficient (Wildman–Crippen LogP) is 0.869. The maximum absolute atomic E-state index is 11.8. The molecule has 0 spiro atoms. The number of hydrogen-bond acceptors (Lipinski definition) is 3. The van der Waals surface area contributed by atoms with Crippen LogP contribution in [0.25, 0.3) is 0 Å². The van der Waals surface area contributed by atoms with Crippen molar-refractivity contribution in [1.82, 2.24) is 0 Å². The lowest BCUT2D eigenvalue weighted by atomic mass is 10.1. The van der Waals surface area contributed by atoms with Crippen LogP contribution in [-0.2, 0) is 9.59 Å². The first-order valence-corrected chi connectivity index (χ1v) is 5.93. The summed E-state index contributed by atoms with van der Waals surface area (Å²) in [6.45, 7) is 0.306. The Morgan fingerprint density at radius 1 is 1.47 bits per heavy atom. The minimum Gasteiger partial charge on any atom is -0.397 e. The van der Waals surface area contributed by atoms with Crippen molar-refractivity contribution in [2.75, 3.05) is 17.2 Å². The van der Waals surface area contributed by atoms with E-state index in [1.807, 2.05) is 0 Å². The first-order valence-electron chi connectivity index (χ1n) is 5.13. The zero-order valence-corrected chi connectivity index (χ0v) is 10.6. The predicted molar refractivity (Wildman–Crippen MR) is 68.2 cm³/mol. The second-order valence-electron chi connectivity index (χ2n) is 4.01. The Labute approximate surface area is 107 Å². The molecule has 1 unspecified atom stereocenters. The Morgan fingerprint density at radius 3 is 2.71 bits per heavy atom. The molecule has 5 nitrogen and oxygen atoms in total. The summed E-state index contributed by atoms with van der Waals surface area (Å²) in [5.74, 6) is -0.995. The van der Waals surface area contributed by atoms with Crippen LogP contribution < -0.4 is 16.4 Å². The van der Waals surface area contributed by atoms with Gasteiger partial charge in [-0.15, -0.1) is 0 Å². The van der Waals surface area contributed by atoms with Crippen molar-refractivity contribution in [2.45, 2.75) is 6.42 Å². The van der Waals surface area contributed by atoms with Crippen LogP contribution in [0, 0.1) is 5.92 Å². The summed E-state index contributed by atoms with van der Waals surface area (Å²) < 4.78 is 0.844. The monoisotopic (exact) mass is 297 g/mol. The van der Waals surface area contributed by atoms with Gasteiger partial charge in [0, 0.05) is 17.4 Å². The van der Waals surface area contributed by atoms with Crippen LogP contribution in [0.3, 0.4) is 0 Å². The Bertz CT molecular complexity index is 490.